The highest BCUT2D eigenvalue weighted by Crippen LogP contribution is 2.13. The second kappa shape index (κ2) is 6.43. The van der Waals surface area contributed by atoms with Crippen molar-refractivity contribution in [3.8, 4) is 5.75 Å². The van der Waals surface area contributed by atoms with Gasteiger partial charge in [-0.25, -0.2) is 0 Å². The molecule has 0 aliphatic rings. The van der Waals surface area contributed by atoms with E-state index in [0.717, 1.165) is 12.3 Å². The van der Waals surface area contributed by atoms with E-state index in [1.807, 2.05) is 38.1 Å². The van der Waals surface area contributed by atoms with Crippen LogP contribution in [0.3, 0.4) is 0 Å². The highest BCUT2D eigenvalue weighted by molar-refractivity contribution is 5.27. The number of nitrogens with one attached hydrogen (secondary N) is 1. The Morgan fingerprint density at radius 1 is 1.27 bits per heavy atom. The van der Waals surface area contributed by atoms with Gasteiger partial charge in [-0.05, 0) is 31.5 Å². The predicted molar refractivity (Wildman–Crippen MR) is 61.0 cm³/mol. The van der Waals surface area contributed by atoms with E-state index in [4.69, 9.17) is 9.84 Å². The topological polar surface area (TPSA) is 41.5 Å². The van der Waals surface area contributed by atoms with Crippen molar-refractivity contribution in [2.24, 2.45) is 0 Å². The highest BCUT2D eigenvalue weighted by Gasteiger charge is 1.97. The lowest BCUT2D eigenvalue weighted by Crippen LogP contribution is -2.17. The van der Waals surface area contributed by atoms with E-state index in [-0.39, 0.29) is 12.7 Å². The molecule has 0 aromatic heterocycles. The molecular formula is C12H19NO2. The molecule has 0 bridgehead atoms. The van der Waals surface area contributed by atoms with Crippen LogP contribution >= 0.6 is 0 Å². The first kappa shape index (κ1) is 12.0. The van der Waals surface area contributed by atoms with Gasteiger partial charge in [-0.1, -0.05) is 12.1 Å². The number of benzene rings is 1. The number of hydrogen-bond acceptors (Lipinski definition) is 3. The Morgan fingerprint density at radius 2 is 1.93 bits per heavy atom. The quantitative estimate of drug-likeness (QED) is 0.699. The maximum atomic E-state index is 8.61. The third kappa shape index (κ3) is 4.81. The molecule has 0 heterocycles. The van der Waals surface area contributed by atoms with Gasteiger partial charge >= 0.3 is 0 Å². The van der Waals surface area contributed by atoms with Gasteiger partial charge in [-0.2, -0.15) is 0 Å². The minimum atomic E-state index is 0.175. The molecule has 1 rings (SSSR count). The van der Waals surface area contributed by atoms with Gasteiger partial charge in [0.05, 0.1) is 12.7 Å². The molecule has 15 heavy (non-hydrogen) atoms. The molecule has 2 N–H and O–H groups in total. The average molecular weight is 209 g/mol. The molecule has 84 valence electrons. The van der Waals surface area contributed by atoms with Gasteiger partial charge in [0.1, 0.15) is 5.75 Å². The maximum Gasteiger partial charge on any atom is 0.119 e. The molecule has 0 unspecified atom stereocenters. The minimum Gasteiger partial charge on any atom is -0.491 e. The standard InChI is InChI=1S/C12H19NO2/c1-10(2)15-12-5-3-11(4-6-12)9-13-7-8-14/h3-6,10,13-14H,7-9H2,1-2H3. The van der Waals surface area contributed by atoms with Crippen LogP contribution in [0, 0.1) is 0 Å². The van der Waals surface area contributed by atoms with Crippen molar-refractivity contribution >= 4 is 0 Å². The number of aliphatic hydroxyl groups excluding tert-OH is 1. The first-order valence-corrected chi connectivity index (χ1v) is 5.29. The van der Waals surface area contributed by atoms with Crippen LogP contribution in [0.15, 0.2) is 24.3 Å². The summed E-state index contributed by atoms with van der Waals surface area (Å²) in [4.78, 5) is 0. The van der Waals surface area contributed by atoms with Crippen molar-refractivity contribution in [1.29, 1.82) is 0 Å². The fraction of sp³-hybridized carbons (Fsp3) is 0.500. The molecule has 0 aliphatic heterocycles. The van der Waals surface area contributed by atoms with Crippen LogP contribution in [0.4, 0.5) is 0 Å². The van der Waals surface area contributed by atoms with Crippen LogP contribution in [0.25, 0.3) is 0 Å². The highest BCUT2D eigenvalue weighted by atomic mass is 16.5. The SMILES string of the molecule is CC(C)Oc1ccc(CNCCO)cc1. The van der Waals surface area contributed by atoms with Gasteiger partial charge < -0.3 is 15.2 Å². The van der Waals surface area contributed by atoms with Crippen molar-refractivity contribution < 1.29 is 9.84 Å². The van der Waals surface area contributed by atoms with E-state index in [9.17, 15) is 0 Å². The number of ether oxygens (including phenoxy) is 1. The van der Waals surface area contributed by atoms with E-state index in [0.29, 0.717) is 6.54 Å². The van der Waals surface area contributed by atoms with Crippen LogP contribution in [0.5, 0.6) is 5.75 Å². The van der Waals surface area contributed by atoms with Crippen LogP contribution in [0.2, 0.25) is 0 Å². The molecule has 0 amide bonds. The van der Waals surface area contributed by atoms with E-state index in [1.165, 1.54) is 5.56 Å². The van der Waals surface area contributed by atoms with Crippen LogP contribution in [0.1, 0.15) is 19.4 Å². The van der Waals surface area contributed by atoms with E-state index >= 15 is 0 Å². The molecule has 0 atom stereocenters. The number of aliphatic hydroxyl groups is 1. The summed E-state index contributed by atoms with van der Waals surface area (Å²) in [7, 11) is 0. The smallest absolute Gasteiger partial charge is 0.119 e. The zero-order valence-electron chi connectivity index (χ0n) is 9.36. The second-order valence-corrected chi connectivity index (χ2v) is 3.71. The van der Waals surface area contributed by atoms with Crippen molar-refractivity contribution in [2.75, 3.05) is 13.2 Å². The Labute approximate surface area is 91.1 Å². The van der Waals surface area contributed by atoms with Gasteiger partial charge in [0.15, 0.2) is 0 Å². The predicted octanol–water partition coefficient (Wildman–Crippen LogP) is 1.56. The van der Waals surface area contributed by atoms with Crippen molar-refractivity contribution in [2.45, 2.75) is 26.5 Å². The van der Waals surface area contributed by atoms with Gasteiger partial charge in [-0.15, -0.1) is 0 Å². The zero-order chi connectivity index (χ0) is 11.1. The summed E-state index contributed by atoms with van der Waals surface area (Å²) in [6, 6.07) is 8.00. The zero-order valence-corrected chi connectivity index (χ0v) is 9.36. The third-order valence-electron chi connectivity index (χ3n) is 1.91. The number of hydrogen-bond donors (Lipinski definition) is 2. The van der Waals surface area contributed by atoms with Gasteiger partial charge in [0.2, 0.25) is 0 Å². The summed E-state index contributed by atoms with van der Waals surface area (Å²) >= 11 is 0. The Bertz CT molecular complexity index is 269. The Morgan fingerprint density at radius 3 is 2.47 bits per heavy atom. The molecule has 0 spiro atoms. The molecule has 1 aromatic rings. The van der Waals surface area contributed by atoms with Crippen molar-refractivity contribution in [3.05, 3.63) is 29.8 Å². The van der Waals surface area contributed by atoms with Crippen molar-refractivity contribution in [3.63, 3.8) is 0 Å². The van der Waals surface area contributed by atoms with Gasteiger partial charge in [0.25, 0.3) is 0 Å². The lowest BCUT2D eigenvalue weighted by atomic mass is 10.2. The summed E-state index contributed by atoms with van der Waals surface area (Å²) in [5.41, 5.74) is 1.19. The van der Waals surface area contributed by atoms with Gasteiger partial charge in [-0.3, -0.25) is 0 Å². The molecule has 0 aliphatic carbocycles. The van der Waals surface area contributed by atoms with Crippen LogP contribution < -0.4 is 10.1 Å². The summed E-state index contributed by atoms with van der Waals surface area (Å²) < 4.78 is 5.53. The van der Waals surface area contributed by atoms with Gasteiger partial charge in [0, 0.05) is 13.1 Å². The van der Waals surface area contributed by atoms with Crippen molar-refractivity contribution in [1.82, 2.24) is 5.32 Å². The Hall–Kier alpha value is -1.06. The summed E-state index contributed by atoms with van der Waals surface area (Å²) in [5, 5.41) is 11.7. The fourth-order valence-corrected chi connectivity index (χ4v) is 1.27. The third-order valence-corrected chi connectivity index (χ3v) is 1.91. The maximum absolute atomic E-state index is 8.61. The molecule has 3 nitrogen and oxygen atoms in total. The second-order valence-electron chi connectivity index (χ2n) is 3.71. The minimum absolute atomic E-state index is 0.175. The number of rotatable bonds is 6. The molecule has 3 heteroatoms. The normalized spacial score (nSPS) is 10.7. The summed E-state index contributed by atoms with van der Waals surface area (Å²) in [6.45, 7) is 5.61. The van der Waals surface area contributed by atoms with E-state index < -0.39 is 0 Å². The van der Waals surface area contributed by atoms with Crippen LogP contribution in [-0.2, 0) is 6.54 Å². The van der Waals surface area contributed by atoms with Crippen LogP contribution in [-0.4, -0.2) is 24.4 Å². The Kier molecular flexibility index (Phi) is 5.15. The molecule has 0 radical (unpaired) electrons. The summed E-state index contributed by atoms with van der Waals surface area (Å²) in [5.74, 6) is 0.899. The largest absolute Gasteiger partial charge is 0.491 e. The van der Waals surface area contributed by atoms with E-state index in [2.05, 4.69) is 5.32 Å². The fourth-order valence-electron chi connectivity index (χ4n) is 1.27. The first-order valence-electron chi connectivity index (χ1n) is 5.29. The molecule has 0 fully saturated rings. The molecule has 1 aromatic carbocycles. The molecule has 0 saturated heterocycles. The lowest BCUT2D eigenvalue weighted by molar-refractivity contribution is 0.242. The lowest BCUT2D eigenvalue weighted by Gasteiger charge is -2.10. The summed E-state index contributed by atoms with van der Waals surface area (Å²) in [6.07, 6.45) is 0.211. The first-order chi connectivity index (χ1) is 7.22. The average Bonchev–Trinajstić information content (AvgIpc) is 2.20. The monoisotopic (exact) mass is 209 g/mol. The Balaban J connectivity index is 2.42. The molecular weight excluding hydrogens is 190 g/mol. The van der Waals surface area contributed by atoms with E-state index in [1.54, 1.807) is 0 Å². The molecule has 0 saturated carbocycles.